The summed E-state index contributed by atoms with van der Waals surface area (Å²) in [5.74, 6) is -0.0780. The molecule has 124 valence electrons. The van der Waals surface area contributed by atoms with Crippen LogP contribution in [0.4, 0.5) is 0 Å². The highest BCUT2D eigenvalue weighted by Crippen LogP contribution is 2.32. The highest BCUT2D eigenvalue weighted by molar-refractivity contribution is 5.79. The van der Waals surface area contributed by atoms with Crippen molar-refractivity contribution in [2.75, 3.05) is 0 Å². The lowest BCUT2D eigenvalue weighted by Crippen LogP contribution is -2.09. The lowest BCUT2D eigenvalue weighted by atomic mass is 9.89. The molecule has 0 spiro atoms. The first-order valence-electron chi connectivity index (χ1n) is 8.28. The Morgan fingerprint density at radius 3 is 2.62 bits per heavy atom. The van der Waals surface area contributed by atoms with Crippen LogP contribution in [0, 0.1) is 0 Å². The zero-order valence-corrected chi connectivity index (χ0v) is 13.8. The highest BCUT2D eigenvalue weighted by atomic mass is 15.3. The van der Waals surface area contributed by atoms with Crippen molar-refractivity contribution in [2.45, 2.75) is 5.92 Å². The second kappa shape index (κ2) is 6.00. The van der Waals surface area contributed by atoms with Crippen molar-refractivity contribution >= 4 is 16.6 Å². The lowest BCUT2D eigenvalue weighted by Gasteiger charge is -2.17. The molecule has 4 heterocycles. The minimum absolute atomic E-state index is 0.0780. The fourth-order valence-electron chi connectivity index (χ4n) is 3.31. The molecule has 0 aliphatic carbocycles. The third-order valence-electron chi connectivity index (χ3n) is 4.47. The first-order valence-corrected chi connectivity index (χ1v) is 8.28. The van der Waals surface area contributed by atoms with Gasteiger partial charge in [-0.15, -0.1) is 0 Å². The molecular weight excluding hydrogens is 324 g/mol. The fourth-order valence-corrected chi connectivity index (χ4v) is 3.31. The second-order valence-electron chi connectivity index (χ2n) is 6.04. The second-order valence-corrected chi connectivity index (χ2v) is 6.04. The third kappa shape index (κ3) is 2.39. The van der Waals surface area contributed by atoms with Gasteiger partial charge in [0.05, 0.1) is 23.3 Å². The van der Waals surface area contributed by atoms with Crippen molar-refractivity contribution in [3.8, 4) is 0 Å². The number of hydrogen-bond donors (Lipinski definition) is 0. The van der Waals surface area contributed by atoms with E-state index in [0.29, 0.717) is 0 Å². The summed E-state index contributed by atoms with van der Waals surface area (Å²) in [6.07, 6.45) is 10.7. The van der Waals surface area contributed by atoms with Gasteiger partial charge in [0, 0.05) is 35.7 Å². The third-order valence-corrected chi connectivity index (χ3v) is 4.47. The van der Waals surface area contributed by atoms with Crippen LogP contribution in [-0.2, 0) is 0 Å². The van der Waals surface area contributed by atoms with Crippen molar-refractivity contribution < 1.29 is 0 Å². The molecule has 0 amide bonds. The molecule has 0 saturated heterocycles. The van der Waals surface area contributed by atoms with Gasteiger partial charge in [-0.05, 0) is 35.9 Å². The molecule has 0 aliphatic rings. The lowest BCUT2D eigenvalue weighted by molar-refractivity contribution is 0.808. The van der Waals surface area contributed by atoms with E-state index in [-0.39, 0.29) is 5.92 Å². The van der Waals surface area contributed by atoms with Gasteiger partial charge in [-0.25, -0.2) is 19.5 Å². The Hall–Kier alpha value is -3.67. The maximum Gasteiger partial charge on any atom is 0.153 e. The SMILES string of the molecule is c1cnc2ccc(C(c3cncnc3)c3cnc4cccnn34)cc2c1. The summed E-state index contributed by atoms with van der Waals surface area (Å²) in [6, 6.07) is 14.1. The van der Waals surface area contributed by atoms with Crippen LogP contribution in [0.25, 0.3) is 16.6 Å². The van der Waals surface area contributed by atoms with Crippen LogP contribution in [0.15, 0.2) is 79.8 Å². The zero-order valence-electron chi connectivity index (χ0n) is 13.8. The van der Waals surface area contributed by atoms with E-state index in [2.05, 4.69) is 43.2 Å². The molecule has 0 saturated carbocycles. The fraction of sp³-hybridized carbons (Fsp3) is 0.0500. The molecule has 4 aromatic heterocycles. The van der Waals surface area contributed by atoms with Gasteiger partial charge in [-0.1, -0.05) is 12.1 Å². The first kappa shape index (κ1) is 14.7. The van der Waals surface area contributed by atoms with Gasteiger partial charge in [-0.3, -0.25) is 4.98 Å². The molecule has 5 aromatic rings. The Morgan fingerprint density at radius 2 is 1.69 bits per heavy atom. The van der Waals surface area contributed by atoms with E-state index in [1.54, 1.807) is 12.4 Å². The smallest absolute Gasteiger partial charge is 0.153 e. The summed E-state index contributed by atoms with van der Waals surface area (Å²) < 4.78 is 1.87. The van der Waals surface area contributed by atoms with Crippen LogP contribution in [0.2, 0.25) is 0 Å². The minimum Gasteiger partial charge on any atom is -0.256 e. The number of nitrogens with zero attached hydrogens (tertiary/aromatic N) is 6. The molecule has 26 heavy (non-hydrogen) atoms. The number of hydrogen-bond acceptors (Lipinski definition) is 5. The average molecular weight is 338 g/mol. The first-order chi connectivity index (χ1) is 12.9. The predicted molar refractivity (Wildman–Crippen MR) is 97.7 cm³/mol. The monoisotopic (exact) mass is 338 g/mol. The van der Waals surface area contributed by atoms with Gasteiger partial charge < -0.3 is 0 Å². The van der Waals surface area contributed by atoms with E-state index >= 15 is 0 Å². The van der Waals surface area contributed by atoms with E-state index in [9.17, 15) is 0 Å². The van der Waals surface area contributed by atoms with E-state index in [1.807, 2.05) is 47.4 Å². The van der Waals surface area contributed by atoms with E-state index in [0.717, 1.165) is 33.4 Å². The number of pyridine rings is 1. The van der Waals surface area contributed by atoms with Crippen molar-refractivity contribution in [3.05, 3.63) is 96.6 Å². The van der Waals surface area contributed by atoms with Crippen molar-refractivity contribution in [2.24, 2.45) is 0 Å². The molecule has 1 unspecified atom stereocenters. The largest absolute Gasteiger partial charge is 0.256 e. The normalized spacial score (nSPS) is 12.5. The minimum atomic E-state index is -0.0780. The molecule has 6 nitrogen and oxygen atoms in total. The number of fused-ring (bicyclic) bond motifs is 2. The summed E-state index contributed by atoms with van der Waals surface area (Å²) >= 11 is 0. The Labute approximate surface area is 149 Å². The van der Waals surface area contributed by atoms with Gasteiger partial charge in [0.25, 0.3) is 0 Å². The van der Waals surface area contributed by atoms with Crippen LogP contribution in [0.5, 0.6) is 0 Å². The summed E-state index contributed by atoms with van der Waals surface area (Å²) in [4.78, 5) is 17.3. The van der Waals surface area contributed by atoms with Crippen molar-refractivity contribution in [1.82, 2.24) is 29.5 Å². The Kier molecular flexibility index (Phi) is 3.38. The number of imidazole rings is 1. The van der Waals surface area contributed by atoms with Crippen LogP contribution < -0.4 is 0 Å². The number of benzene rings is 1. The molecular formula is C20H14N6. The molecule has 1 aromatic carbocycles. The van der Waals surface area contributed by atoms with Gasteiger partial charge in [0.15, 0.2) is 5.65 Å². The topological polar surface area (TPSA) is 68.9 Å². The Bertz CT molecular complexity index is 1200. The average Bonchev–Trinajstić information content (AvgIpc) is 3.13. The number of rotatable bonds is 3. The maximum atomic E-state index is 4.50. The highest BCUT2D eigenvalue weighted by Gasteiger charge is 2.22. The summed E-state index contributed by atoms with van der Waals surface area (Å²) in [5, 5.41) is 5.57. The quantitative estimate of drug-likeness (QED) is 0.505. The Balaban J connectivity index is 1.76. The van der Waals surface area contributed by atoms with E-state index < -0.39 is 0 Å². The molecule has 0 N–H and O–H groups in total. The standard InChI is InChI=1S/C20H14N6/c1-3-14-9-15(5-6-17(14)23-7-1)20(16-10-21-13-22-11-16)18-12-24-19-4-2-8-25-26(18)19/h1-13,20H. The molecule has 0 radical (unpaired) electrons. The summed E-state index contributed by atoms with van der Waals surface area (Å²) in [6.45, 7) is 0. The van der Waals surface area contributed by atoms with Crippen LogP contribution in [0.3, 0.4) is 0 Å². The van der Waals surface area contributed by atoms with Gasteiger partial charge >= 0.3 is 0 Å². The van der Waals surface area contributed by atoms with E-state index in [4.69, 9.17) is 0 Å². The summed E-state index contributed by atoms with van der Waals surface area (Å²) in [7, 11) is 0. The molecule has 6 heteroatoms. The van der Waals surface area contributed by atoms with Crippen LogP contribution >= 0.6 is 0 Å². The van der Waals surface area contributed by atoms with Crippen LogP contribution in [0.1, 0.15) is 22.7 Å². The Morgan fingerprint density at radius 1 is 0.808 bits per heavy atom. The van der Waals surface area contributed by atoms with Crippen molar-refractivity contribution in [3.63, 3.8) is 0 Å². The zero-order chi connectivity index (χ0) is 17.3. The van der Waals surface area contributed by atoms with Crippen molar-refractivity contribution in [1.29, 1.82) is 0 Å². The molecule has 0 aliphatic heterocycles. The van der Waals surface area contributed by atoms with Gasteiger partial charge in [0.2, 0.25) is 0 Å². The van der Waals surface area contributed by atoms with Crippen LogP contribution in [-0.4, -0.2) is 29.5 Å². The molecule has 0 bridgehead atoms. The molecule has 5 rings (SSSR count). The summed E-state index contributed by atoms with van der Waals surface area (Å²) in [5.41, 5.74) is 4.86. The van der Waals surface area contributed by atoms with Gasteiger partial charge in [-0.2, -0.15) is 5.10 Å². The molecule has 1 atom stereocenters. The number of aromatic nitrogens is 6. The van der Waals surface area contributed by atoms with Gasteiger partial charge in [0.1, 0.15) is 6.33 Å². The van der Waals surface area contributed by atoms with E-state index in [1.165, 1.54) is 6.33 Å². The maximum absolute atomic E-state index is 4.50. The molecule has 0 fully saturated rings. The predicted octanol–water partition coefficient (Wildman–Crippen LogP) is 3.25.